The topological polar surface area (TPSA) is 92.4 Å². The molecule has 3 aliphatic rings. The summed E-state index contributed by atoms with van der Waals surface area (Å²) < 4.78 is 18.2. The Morgan fingerprint density at radius 1 is 0.863 bits per heavy atom. The summed E-state index contributed by atoms with van der Waals surface area (Å²) in [7, 11) is 0.322. The first-order valence-electron chi connectivity index (χ1n) is 18.3. The molecule has 2 N–H and O–H groups in total. The second kappa shape index (κ2) is 14.2. The molecule has 0 saturated carbocycles. The zero-order valence-electron chi connectivity index (χ0n) is 30.7. The first kappa shape index (κ1) is 35.4. The molecule has 9 heteroatoms. The van der Waals surface area contributed by atoms with Gasteiger partial charge in [0.2, 0.25) is 5.91 Å². The van der Waals surface area contributed by atoms with Crippen molar-refractivity contribution < 1.29 is 23.5 Å². The molecular formula is C42H51N3O5Si. The number of epoxide rings is 1. The number of nitrogens with zero attached hydrogens (tertiary/aromatic N) is 1. The molecule has 4 unspecified atom stereocenters. The Morgan fingerprint density at radius 3 is 2.27 bits per heavy atom. The maximum absolute atomic E-state index is 13.1. The Hall–Kier alpha value is -4.02. The number of piperidine rings is 1. The van der Waals surface area contributed by atoms with Crippen LogP contribution in [0.5, 0.6) is 0 Å². The van der Waals surface area contributed by atoms with Crippen LogP contribution in [0.4, 0.5) is 16.2 Å². The highest BCUT2D eigenvalue weighted by Gasteiger charge is 2.62. The van der Waals surface area contributed by atoms with Gasteiger partial charge in [-0.05, 0) is 95.8 Å². The number of rotatable bonds is 11. The predicted molar refractivity (Wildman–Crippen MR) is 207 cm³/mol. The number of fused-ring (bicyclic) bond motifs is 6. The molecule has 4 aromatic rings. The zero-order chi connectivity index (χ0) is 35.9. The van der Waals surface area contributed by atoms with Crippen LogP contribution in [0.2, 0.25) is 18.1 Å². The van der Waals surface area contributed by atoms with Crippen molar-refractivity contribution in [1.82, 2.24) is 4.90 Å². The van der Waals surface area contributed by atoms with Crippen molar-refractivity contribution >= 4 is 42.5 Å². The number of likely N-dealkylation sites (N-methyl/N-ethyl adjacent to an activating group) is 1. The molecule has 7 rings (SSSR count). The Morgan fingerprint density at radius 2 is 1.55 bits per heavy atom. The highest BCUT2D eigenvalue weighted by Crippen LogP contribution is 2.48. The van der Waals surface area contributed by atoms with Gasteiger partial charge in [-0.3, -0.25) is 15.0 Å². The first-order chi connectivity index (χ1) is 24.3. The average molecular weight is 706 g/mol. The Labute approximate surface area is 303 Å². The van der Waals surface area contributed by atoms with Gasteiger partial charge < -0.3 is 19.2 Å². The van der Waals surface area contributed by atoms with Crippen LogP contribution in [0.1, 0.15) is 57.6 Å². The summed E-state index contributed by atoms with van der Waals surface area (Å²) in [5.41, 5.74) is 5.71. The van der Waals surface area contributed by atoms with Crippen molar-refractivity contribution in [2.75, 3.05) is 17.7 Å². The van der Waals surface area contributed by atoms with Gasteiger partial charge in [0.15, 0.2) is 8.32 Å². The molecule has 3 saturated heterocycles. The van der Waals surface area contributed by atoms with Crippen LogP contribution in [-0.2, 0) is 31.7 Å². The minimum Gasteiger partial charge on any atom is -0.446 e. The maximum Gasteiger partial charge on any atom is 0.411 e. The van der Waals surface area contributed by atoms with Crippen molar-refractivity contribution in [3.63, 3.8) is 0 Å². The Bertz CT molecular complexity index is 1890. The molecule has 3 fully saturated rings. The lowest BCUT2D eigenvalue weighted by molar-refractivity contribution is -0.116. The van der Waals surface area contributed by atoms with Crippen molar-refractivity contribution in [1.29, 1.82) is 0 Å². The second-order valence-corrected chi connectivity index (χ2v) is 20.9. The third-order valence-electron chi connectivity index (χ3n) is 11.5. The van der Waals surface area contributed by atoms with E-state index in [-0.39, 0.29) is 17.0 Å². The van der Waals surface area contributed by atoms with Crippen LogP contribution in [0.25, 0.3) is 21.9 Å². The summed E-state index contributed by atoms with van der Waals surface area (Å²) in [6.45, 7) is 11.9. The van der Waals surface area contributed by atoms with Crippen LogP contribution in [-0.4, -0.2) is 62.7 Å². The van der Waals surface area contributed by atoms with Gasteiger partial charge in [0.1, 0.15) is 18.3 Å². The van der Waals surface area contributed by atoms with E-state index in [1.807, 2.05) is 54.6 Å². The summed E-state index contributed by atoms with van der Waals surface area (Å²) in [6, 6.07) is 29.2. The van der Waals surface area contributed by atoms with Gasteiger partial charge in [0, 0.05) is 42.6 Å². The number of hydrogen-bond acceptors (Lipinski definition) is 6. The van der Waals surface area contributed by atoms with Crippen LogP contribution in [0.15, 0.2) is 84.9 Å². The molecule has 0 aromatic heterocycles. The highest BCUT2D eigenvalue weighted by atomic mass is 28.4. The molecule has 2 amide bonds. The number of morpholine rings is 1. The predicted octanol–water partition coefficient (Wildman–Crippen LogP) is 9.15. The number of aryl methyl sites for hydroxylation is 1. The number of hydrogen-bond donors (Lipinski definition) is 2. The fraction of sp³-hybridized carbons (Fsp3) is 0.429. The van der Waals surface area contributed by atoms with E-state index in [1.165, 1.54) is 0 Å². The number of carbonyl (C=O) groups is 2. The van der Waals surface area contributed by atoms with Crippen molar-refractivity contribution in [2.24, 2.45) is 0 Å². The van der Waals surface area contributed by atoms with E-state index in [0.717, 1.165) is 58.0 Å². The van der Waals surface area contributed by atoms with Crippen molar-refractivity contribution in [3.05, 3.63) is 96.1 Å². The molecule has 51 heavy (non-hydrogen) atoms. The van der Waals surface area contributed by atoms with Crippen molar-refractivity contribution in [2.45, 2.75) is 108 Å². The van der Waals surface area contributed by atoms with Crippen LogP contribution in [0, 0.1) is 0 Å². The van der Waals surface area contributed by atoms with E-state index in [2.05, 4.69) is 86.8 Å². The molecule has 4 atom stereocenters. The van der Waals surface area contributed by atoms with Crippen molar-refractivity contribution in [3.8, 4) is 11.1 Å². The zero-order valence-corrected chi connectivity index (χ0v) is 31.7. The first-order valence-corrected chi connectivity index (χ1v) is 21.3. The number of nitrogens with one attached hydrogen (secondary N) is 2. The van der Waals surface area contributed by atoms with Gasteiger partial charge in [-0.15, -0.1) is 0 Å². The third kappa shape index (κ3) is 7.92. The highest BCUT2D eigenvalue weighted by molar-refractivity contribution is 6.74. The minimum atomic E-state index is -1.83. The van der Waals surface area contributed by atoms with E-state index < -0.39 is 14.4 Å². The third-order valence-corrected chi connectivity index (χ3v) is 16.0. The van der Waals surface area contributed by atoms with E-state index in [4.69, 9.17) is 13.9 Å². The smallest absolute Gasteiger partial charge is 0.411 e. The SMILES string of the molecule is CN1C2CC(OC(=O)Nc3ccc(CCCC(=O)Nc4ccc5cc(CO[Si](C)(C)C(C)(C)C)ccc5c4)cc3-c3ccccc3)CC1C1OC12. The quantitative estimate of drug-likeness (QED) is 0.120. The minimum absolute atomic E-state index is 0.00994. The molecule has 8 nitrogen and oxygen atoms in total. The van der Waals surface area contributed by atoms with E-state index in [9.17, 15) is 9.59 Å². The van der Waals surface area contributed by atoms with Gasteiger partial charge in [0.05, 0.1) is 12.3 Å². The number of amides is 2. The summed E-state index contributed by atoms with van der Waals surface area (Å²) in [5, 5.41) is 8.50. The number of ether oxygens (including phenoxy) is 2. The molecule has 0 spiro atoms. The van der Waals surface area contributed by atoms with Gasteiger partial charge in [-0.2, -0.15) is 0 Å². The van der Waals surface area contributed by atoms with Gasteiger partial charge in [-0.25, -0.2) is 4.79 Å². The van der Waals surface area contributed by atoms with E-state index >= 15 is 0 Å². The Kier molecular flexibility index (Phi) is 9.84. The number of benzene rings is 4. The lowest BCUT2D eigenvalue weighted by Crippen LogP contribution is -2.48. The van der Waals surface area contributed by atoms with E-state index in [0.29, 0.717) is 49.4 Å². The Balaban J connectivity index is 0.929. The molecule has 0 aliphatic carbocycles. The van der Waals surface area contributed by atoms with E-state index in [1.54, 1.807) is 0 Å². The molecule has 268 valence electrons. The molecule has 0 radical (unpaired) electrons. The molecule has 3 heterocycles. The normalized spacial score (nSPS) is 22.7. The molecular weight excluding hydrogens is 655 g/mol. The second-order valence-electron chi connectivity index (χ2n) is 16.1. The fourth-order valence-corrected chi connectivity index (χ4v) is 8.38. The van der Waals surface area contributed by atoms with Crippen LogP contribution in [0.3, 0.4) is 0 Å². The summed E-state index contributed by atoms with van der Waals surface area (Å²) in [5.74, 6) is -0.00994. The molecule has 2 bridgehead atoms. The van der Waals surface area contributed by atoms with Crippen LogP contribution >= 0.6 is 0 Å². The van der Waals surface area contributed by atoms with Gasteiger partial charge in [0.25, 0.3) is 0 Å². The molecule has 4 aromatic carbocycles. The number of carbonyl (C=O) groups excluding carboxylic acids is 2. The molecule has 3 aliphatic heterocycles. The average Bonchev–Trinajstić information content (AvgIpc) is 3.86. The summed E-state index contributed by atoms with van der Waals surface area (Å²) in [6.07, 6.45) is 3.49. The largest absolute Gasteiger partial charge is 0.446 e. The van der Waals surface area contributed by atoms with Crippen LogP contribution < -0.4 is 10.6 Å². The lowest BCUT2D eigenvalue weighted by atomic mass is 9.98. The monoisotopic (exact) mass is 705 g/mol. The summed E-state index contributed by atoms with van der Waals surface area (Å²) >= 11 is 0. The van der Waals surface area contributed by atoms with Gasteiger partial charge >= 0.3 is 6.09 Å². The fourth-order valence-electron chi connectivity index (χ4n) is 7.42. The standard InChI is InChI=1S/C42H51N3O5Si/c1-42(2,3)51(5,6)48-26-28-15-17-31-23-32(19-18-30(31)21-28)43-38(46)14-10-11-27-16-20-35(34(22-27)29-12-8-7-9-13-29)44-41(47)49-33-24-36-39-40(50-39)37(25-33)45(36)4/h7-9,12-13,15-23,33,36-37,39-40H,10-11,14,24-26H2,1-6H3,(H,43,46)(H,44,47). The lowest BCUT2D eigenvalue weighted by Gasteiger charge is -2.37. The van der Waals surface area contributed by atoms with Gasteiger partial charge in [-0.1, -0.05) is 75.4 Å². The maximum atomic E-state index is 13.1. The number of anilines is 2. The summed E-state index contributed by atoms with van der Waals surface area (Å²) in [4.78, 5) is 28.5.